The van der Waals surface area contributed by atoms with Crippen molar-refractivity contribution in [3.63, 3.8) is 0 Å². The highest BCUT2D eigenvalue weighted by Crippen LogP contribution is 2.42. The Morgan fingerprint density at radius 2 is 1.61 bits per heavy atom. The summed E-state index contributed by atoms with van der Waals surface area (Å²) in [4.78, 5) is 7.19. The van der Waals surface area contributed by atoms with Gasteiger partial charge in [0.1, 0.15) is 0 Å². The predicted molar refractivity (Wildman–Crippen MR) is 132 cm³/mol. The van der Waals surface area contributed by atoms with Gasteiger partial charge in [-0.25, -0.2) is 13.4 Å². The second-order valence-electron chi connectivity index (χ2n) is 7.25. The second-order valence-corrected chi connectivity index (χ2v) is 10.8. The van der Waals surface area contributed by atoms with Gasteiger partial charge in [0, 0.05) is 41.6 Å². The number of sulfonamides is 1. The number of rotatable bonds is 7. The average molecular weight is 554 g/mol. The highest BCUT2D eigenvalue weighted by Gasteiger charge is 2.30. The third kappa shape index (κ3) is 4.68. The first kappa shape index (κ1) is 23.8. The number of hydrogen-bond donors (Lipinski definition) is 0. The van der Waals surface area contributed by atoms with Crippen LogP contribution in [0.25, 0.3) is 11.3 Å². The number of anilines is 1. The van der Waals surface area contributed by atoms with E-state index in [0.717, 1.165) is 16.4 Å². The number of halogens is 1. The van der Waals surface area contributed by atoms with Gasteiger partial charge >= 0.3 is 0 Å². The molecule has 0 amide bonds. The van der Waals surface area contributed by atoms with Crippen LogP contribution in [0.5, 0.6) is 17.2 Å². The quantitative estimate of drug-likeness (QED) is 0.435. The van der Waals surface area contributed by atoms with E-state index in [9.17, 15) is 8.42 Å². The van der Waals surface area contributed by atoms with Crippen LogP contribution in [0.15, 0.2) is 51.1 Å². The Labute approximate surface area is 205 Å². The maximum atomic E-state index is 13.0. The van der Waals surface area contributed by atoms with Crippen LogP contribution in [0.4, 0.5) is 5.13 Å². The summed E-state index contributed by atoms with van der Waals surface area (Å²) in [5.41, 5.74) is 1.64. The molecule has 1 aromatic heterocycles. The lowest BCUT2D eigenvalue weighted by Crippen LogP contribution is -2.48. The van der Waals surface area contributed by atoms with Crippen molar-refractivity contribution in [2.75, 3.05) is 52.4 Å². The number of thiazole rings is 1. The number of methoxy groups -OCH3 is 3. The summed E-state index contributed by atoms with van der Waals surface area (Å²) in [6, 6.07) is 10.6. The maximum Gasteiger partial charge on any atom is 0.244 e. The Hall–Kier alpha value is -2.34. The first-order chi connectivity index (χ1) is 15.9. The van der Waals surface area contributed by atoms with Crippen molar-refractivity contribution >= 4 is 42.4 Å². The summed E-state index contributed by atoms with van der Waals surface area (Å²) in [7, 11) is 1.17. The SMILES string of the molecule is COc1cc(-c2csc(N3CCN(S(=O)(=O)c4ccccc4Br)CC3)n2)cc(OC)c1OC. The van der Waals surface area contributed by atoms with Crippen molar-refractivity contribution in [3.8, 4) is 28.5 Å². The molecule has 11 heteroatoms. The minimum atomic E-state index is -3.55. The third-order valence-corrected chi connectivity index (χ3v) is 9.23. The van der Waals surface area contributed by atoms with Gasteiger partial charge in [-0.05, 0) is 40.2 Å². The summed E-state index contributed by atoms with van der Waals surface area (Å²) in [6.45, 7) is 1.91. The van der Waals surface area contributed by atoms with Gasteiger partial charge in [0.2, 0.25) is 15.8 Å². The molecule has 0 atom stereocenters. The van der Waals surface area contributed by atoms with Crippen molar-refractivity contribution in [2.45, 2.75) is 4.90 Å². The molecule has 2 heterocycles. The van der Waals surface area contributed by atoms with Gasteiger partial charge in [0.05, 0.1) is 31.9 Å². The molecule has 0 radical (unpaired) electrons. The number of piperazine rings is 1. The molecule has 0 bridgehead atoms. The van der Waals surface area contributed by atoms with Gasteiger partial charge in [-0.3, -0.25) is 0 Å². The van der Waals surface area contributed by atoms with Gasteiger partial charge in [-0.15, -0.1) is 11.3 Å². The number of ether oxygens (including phenoxy) is 3. The molecule has 1 aliphatic heterocycles. The number of nitrogens with zero attached hydrogens (tertiary/aromatic N) is 3. The normalized spacial score (nSPS) is 14.8. The summed E-state index contributed by atoms with van der Waals surface area (Å²) in [5.74, 6) is 1.65. The molecule has 1 saturated heterocycles. The second kappa shape index (κ2) is 9.88. The summed E-state index contributed by atoms with van der Waals surface area (Å²) in [6.07, 6.45) is 0. The van der Waals surface area contributed by atoms with E-state index >= 15 is 0 Å². The van der Waals surface area contributed by atoms with E-state index in [-0.39, 0.29) is 4.90 Å². The molecule has 176 valence electrons. The van der Waals surface area contributed by atoms with Crippen molar-refractivity contribution in [2.24, 2.45) is 0 Å². The third-order valence-electron chi connectivity index (χ3n) is 5.42. The highest BCUT2D eigenvalue weighted by molar-refractivity contribution is 9.10. The van der Waals surface area contributed by atoms with Crippen LogP contribution >= 0.6 is 27.3 Å². The van der Waals surface area contributed by atoms with E-state index < -0.39 is 10.0 Å². The molecule has 33 heavy (non-hydrogen) atoms. The van der Waals surface area contributed by atoms with Crippen molar-refractivity contribution in [1.29, 1.82) is 0 Å². The van der Waals surface area contributed by atoms with Crippen LogP contribution in [-0.2, 0) is 10.0 Å². The summed E-state index contributed by atoms with van der Waals surface area (Å²) < 4.78 is 44.5. The monoisotopic (exact) mass is 553 g/mol. The van der Waals surface area contributed by atoms with Crippen LogP contribution < -0.4 is 19.1 Å². The minimum Gasteiger partial charge on any atom is -0.493 e. The fraction of sp³-hybridized carbons (Fsp3) is 0.318. The fourth-order valence-corrected chi connectivity index (χ4v) is 6.96. The van der Waals surface area contributed by atoms with Gasteiger partial charge < -0.3 is 19.1 Å². The standard InChI is InChI=1S/C22H24BrN3O5S2/c1-29-18-12-15(13-19(30-2)21(18)31-3)17-14-32-22(24-17)25-8-10-26(11-9-25)33(27,28)20-7-5-4-6-16(20)23/h4-7,12-14H,8-11H2,1-3H3. The molecule has 1 fully saturated rings. The molecule has 2 aromatic carbocycles. The van der Waals surface area contributed by atoms with Crippen LogP contribution in [-0.4, -0.2) is 65.2 Å². The minimum absolute atomic E-state index is 0.289. The highest BCUT2D eigenvalue weighted by atomic mass is 79.9. The van der Waals surface area contributed by atoms with Crippen LogP contribution in [0, 0.1) is 0 Å². The van der Waals surface area contributed by atoms with E-state index in [1.54, 1.807) is 45.6 Å². The van der Waals surface area contributed by atoms with E-state index in [1.807, 2.05) is 17.5 Å². The first-order valence-corrected chi connectivity index (χ1v) is 13.3. The number of aromatic nitrogens is 1. The predicted octanol–water partition coefficient (Wildman–Crippen LogP) is 4.11. The van der Waals surface area contributed by atoms with Crippen molar-refractivity contribution in [1.82, 2.24) is 9.29 Å². The molecular weight excluding hydrogens is 530 g/mol. The van der Waals surface area contributed by atoms with Crippen molar-refractivity contribution in [3.05, 3.63) is 46.3 Å². The molecule has 0 aliphatic carbocycles. The van der Waals surface area contributed by atoms with E-state index in [2.05, 4.69) is 20.8 Å². The van der Waals surface area contributed by atoms with E-state index in [0.29, 0.717) is 47.9 Å². The van der Waals surface area contributed by atoms with E-state index in [4.69, 9.17) is 19.2 Å². The Balaban J connectivity index is 1.51. The van der Waals surface area contributed by atoms with Gasteiger partial charge in [-0.1, -0.05) is 12.1 Å². The topological polar surface area (TPSA) is 81.2 Å². The maximum absolute atomic E-state index is 13.0. The smallest absolute Gasteiger partial charge is 0.244 e. The number of hydrogen-bond acceptors (Lipinski definition) is 8. The molecule has 1 aliphatic rings. The van der Waals surface area contributed by atoms with Gasteiger partial charge in [0.25, 0.3) is 0 Å². The molecular formula is C22H24BrN3O5S2. The van der Waals surface area contributed by atoms with Crippen LogP contribution in [0.1, 0.15) is 0 Å². The average Bonchev–Trinajstić information content (AvgIpc) is 3.33. The Morgan fingerprint density at radius 3 is 2.18 bits per heavy atom. The zero-order valence-corrected chi connectivity index (χ0v) is 21.7. The molecule has 0 unspecified atom stereocenters. The molecule has 0 N–H and O–H groups in total. The van der Waals surface area contributed by atoms with Crippen LogP contribution in [0.2, 0.25) is 0 Å². The number of benzene rings is 2. The first-order valence-electron chi connectivity index (χ1n) is 10.1. The van der Waals surface area contributed by atoms with E-state index in [1.165, 1.54) is 15.6 Å². The van der Waals surface area contributed by atoms with Gasteiger partial charge in [-0.2, -0.15) is 4.31 Å². The lowest BCUT2D eigenvalue weighted by atomic mass is 10.1. The zero-order valence-electron chi connectivity index (χ0n) is 18.4. The Kier molecular flexibility index (Phi) is 7.13. The molecule has 0 saturated carbocycles. The lowest BCUT2D eigenvalue weighted by Gasteiger charge is -2.33. The van der Waals surface area contributed by atoms with Crippen LogP contribution in [0.3, 0.4) is 0 Å². The molecule has 8 nitrogen and oxygen atoms in total. The summed E-state index contributed by atoms with van der Waals surface area (Å²) in [5, 5.41) is 2.82. The largest absolute Gasteiger partial charge is 0.493 e. The zero-order chi connectivity index (χ0) is 23.6. The molecule has 3 aromatic rings. The Bertz CT molecular complexity index is 1220. The fourth-order valence-electron chi connectivity index (χ4n) is 3.68. The molecule has 4 rings (SSSR count). The molecule has 0 spiro atoms. The van der Waals surface area contributed by atoms with Crippen molar-refractivity contribution < 1.29 is 22.6 Å². The Morgan fingerprint density at radius 1 is 0.970 bits per heavy atom. The summed E-state index contributed by atoms with van der Waals surface area (Å²) >= 11 is 4.87. The van der Waals surface area contributed by atoms with Gasteiger partial charge in [0.15, 0.2) is 16.6 Å². The lowest BCUT2D eigenvalue weighted by molar-refractivity contribution is 0.324.